The van der Waals surface area contributed by atoms with Crippen LogP contribution in [0.3, 0.4) is 0 Å². The second-order valence-corrected chi connectivity index (χ2v) is 20.7. The summed E-state index contributed by atoms with van der Waals surface area (Å²) in [7, 11) is 0. The SMILES string of the molecule is NC(COC(=O)NCCCN1CCN(CCCNC(=O)c2cc(O[C@@H]3O[C@H](CO)[C@@H](O)[C@H](O)[C@H]3O)cc([N+](=O)[O-])c2)CC1)COC(=O)NCCCN1CCN(CCCNC(=O)c2cc(O[C@@H]3O[C@H](CO)[C@@H](O)[C@H](O)[C@H]3O)cc([N+](=O)[O-])c2)CC1. The molecule has 33 heteroatoms. The van der Waals surface area contributed by atoms with Crippen molar-refractivity contribution in [3.05, 3.63) is 67.8 Å². The van der Waals surface area contributed by atoms with Crippen LogP contribution in [-0.2, 0) is 18.9 Å². The van der Waals surface area contributed by atoms with Gasteiger partial charge in [0.2, 0.25) is 12.6 Å². The lowest BCUT2D eigenvalue weighted by Crippen LogP contribution is -2.60. The first-order chi connectivity index (χ1) is 40.2. The van der Waals surface area contributed by atoms with Crippen LogP contribution in [0.5, 0.6) is 11.5 Å². The predicted molar refractivity (Wildman–Crippen MR) is 291 cm³/mol. The molecule has 0 aliphatic carbocycles. The van der Waals surface area contributed by atoms with Gasteiger partial charge in [-0.05, 0) is 64.0 Å². The lowest BCUT2D eigenvalue weighted by molar-refractivity contribution is -0.385. The van der Waals surface area contributed by atoms with Gasteiger partial charge < -0.3 is 116 Å². The van der Waals surface area contributed by atoms with Crippen LogP contribution in [-0.4, -0.2) is 293 Å². The maximum absolute atomic E-state index is 13.0. The highest BCUT2D eigenvalue weighted by atomic mass is 16.7. The maximum Gasteiger partial charge on any atom is 0.407 e. The van der Waals surface area contributed by atoms with Crippen molar-refractivity contribution in [1.82, 2.24) is 40.9 Å². The Balaban J connectivity index is 0.738. The van der Waals surface area contributed by atoms with Crippen molar-refractivity contribution in [2.45, 2.75) is 93.1 Å². The van der Waals surface area contributed by atoms with Gasteiger partial charge in [-0.3, -0.25) is 29.8 Å². The number of nitrogens with two attached hydrogens (primary N) is 1. The topological polar surface area (TPSA) is 459 Å². The average Bonchev–Trinajstić information content (AvgIpc) is 3.43. The number of hydrogen-bond acceptors (Lipinski definition) is 27. The molecule has 4 amide bonds. The number of aliphatic hydroxyl groups excluding tert-OH is 8. The summed E-state index contributed by atoms with van der Waals surface area (Å²) in [5, 5.41) is 114. The van der Waals surface area contributed by atoms with E-state index in [0.29, 0.717) is 51.9 Å². The van der Waals surface area contributed by atoms with Crippen LogP contribution in [0.2, 0.25) is 0 Å². The Morgan fingerprint density at radius 3 is 1.15 bits per heavy atom. The summed E-state index contributed by atoms with van der Waals surface area (Å²) in [5.74, 6) is -1.63. The number of nitrogens with one attached hydrogen (secondary N) is 4. The van der Waals surface area contributed by atoms with E-state index in [9.17, 15) is 80.3 Å². The summed E-state index contributed by atoms with van der Waals surface area (Å²) in [5.41, 5.74) is 4.88. The van der Waals surface area contributed by atoms with Crippen molar-refractivity contribution >= 4 is 35.4 Å². The molecule has 10 atom stereocenters. The van der Waals surface area contributed by atoms with Gasteiger partial charge in [0.25, 0.3) is 23.2 Å². The Kier molecular flexibility index (Phi) is 26.6. The summed E-state index contributed by atoms with van der Waals surface area (Å²) in [4.78, 5) is 81.4. The van der Waals surface area contributed by atoms with Gasteiger partial charge in [0.05, 0.1) is 41.2 Å². The summed E-state index contributed by atoms with van der Waals surface area (Å²) in [6.07, 6.45) is -14.7. The number of nitro groups is 2. The smallest absolute Gasteiger partial charge is 0.407 e. The number of carbonyl (C=O) groups excluding carboxylic acids is 4. The van der Waals surface area contributed by atoms with Gasteiger partial charge in [-0.1, -0.05) is 0 Å². The summed E-state index contributed by atoms with van der Waals surface area (Å²) >= 11 is 0. The lowest BCUT2D eigenvalue weighted by Gasteiger charge is -2.39. The normalized spacial score (nSPS) is 25.3. The molecule has 4 fully saturated rings. The fourth-order valence-electron chi connectivity index (χ4n) is 9.56. The molecule has 0 aromatic heterocycles. The minimum Gasteiger partial charge on any atom is -0.462 e. The van der Waals surface area contributed by atoms with Crippen molar-refractivity contribution in [3.63, 3.8) is 0 Å². The van der Waals surface area contributed by atoms with Gasteiger partial charge in [0.15, 0.2) is 0 Å². The van der Waals surface area contributed by atoms with Gasteiger partial charge in [-0.2, -0.15) is 0 Å². The molecule has 0 bridgehead atoms. The van der Waals surface area contributed by atoms with Crippen molar-refractivity contribution < 1.29 is 98.3 Å². The zero-order chi connectivity index (χ0) is 60.9. The summed E-state index contributed by atoms with van der Waals surface area (Å²) in [6, 6.07) is 5.85. The summed E-state index contributed by atoms with van der Waals surface area (Å²) in [6.45, 7) is 8.69. The third kappa shape index (κ3) is 20.5. The van der Waals surface area contributed by atoms with Crippen LogP contribution in [0.4, 0.5) is 21.0 Å². The molecule has 0 saturated carbocycles. The molecule has 0 unspecified atom stereocenters. The molecule has 14 N–H and O–H groups in total. The molecule has 33 nitrogen and oxygen atoms in total. The Morgan fingerprint density at radius 1 is 0.524 bits per heavy atom. The minimum atomic E-state index is -1.76. The molecule has 2 aromatic rings. The lowest BCUT2D eigenvalue weighted by atomic mass is 9.99. The van der Waals surface area contributed by atoms with E-state index in [0.717, 1.165) is 89.7 Å². The standard InChI is InChI=1S/C51H79N11O22/c52-33(29-79-50(73)55-7-3-11-59-17-13-57(14-18-59)9-1-5-53-46(71)31-21-34(61(75)76)25-36(23-31)81-48-44(69)42(67)40(65)38(27-63)83-48)30-80-51(74)56-8-4-12-60-19-15-58(16-20-60)10-2-6-54-47(72)32-22-35(62(77)78)26-37(24-32)82-49-45(70)43(68)41(66)39(28-64)84-49/h21-26,33,38-45,48-49,63-70H,1-20,27-30,52H2,(H,53,71)(H,54,72)(H,55,73)(H,56,74)/t38-,39-,40-,41-,42+,43+,44-,45-,48-,49-/m1/s1. The van der Waals surface area contributed by atoms with Crippen LogP contribution in [0.15, 0.2) is 36.4 Å². The van der Waals surface area contributed by atoms with Gasteiger partial charge >= 0.3 is 12.2 Å². The van der Waals surface area contributed by atoms with Gasteiger partial charge in [-0.25, -0.2) is 9.59 Å². The molecule has 84 heavy (non-hydrogen) atoms. The molecule has 4 heterocycles. The van der Waals surface area contributed by atoms with Crippen LogP contribution in [0.25, 0.3) is 0 Å². The Labute approximate surface area is 482 Å². The van der Waals surface area contributed by atoms with Crippen LogP contribution < -0.4 is 36.5 Å². The van der Waals surface area contributed by atoms with Crippen molar-refractivity contribution in [1.29, 1.82) is 0 Å². The molecule has 0 radical (unpaired) electrons. The largest absolute Gasteiger partial charge is 0.462 e. The highest BCUT2D eigenvalue weighted by Crippen LogP contribution is 2.30. The summed E-state index contributed by atoms with van der Waals surface area (Å²) < 4.78 is 32.1. The maximum atomic E-state index is 13.0. The number of non-ortho nitro benzene ring substituents is 2. The first-order valence-electron chi connectivity index (χ1n) is 27.8. The number of carbonyl (C=O) groups is 4. The first-order valence-corrected chi connectivity index (χ1v) is 27.8. The zero-order valence-corrected chi connectivity index (χ0v) is 46.3. The molecule has 0 spiro atoms. The number of benzene rings is 2. The monoisotopic (exact) mass is 1200 g/mol. The Hall–Kier alpha value is -6.28. The quantitative estimate of drug-likeness (QED) is 0.0199. The van der Waals surface area contributed by atoms with Gasteiger partial charge in [0.1, 0.15) is 73.5 Å². The average molecular weight is 1200 g/mol. The number of aliphatic hydroxyl groups is 8. The van der Waals surface area contributed by atoms with Crippen LogP contribution in [0, 0.1) is 20.2 Å². The fraction of sp³-hybridized carbons (Fsp3) is 0.686. The van der Waals surface area contributed by atoms with E-state index in [1.54, 1.807) is 0 Å². The number of hydrogen-bond donors (Lipinski definition) is 13. The van der Waals surface area contributed by atoms with E-state index in [4.69, 9.17) is 34.2 Å². The third-order valence-corrected chi connectivity index (χ3v) is 14.4. The highest BCUT2D eigenvalue weighted by molar-refractivity contribution is 5.96. The molecular weight excluding hydrogens is 1120 g/mol. The number of nitro benzene ring substituents is 2. The Bertz CT molecular complexity index is 2290. The third-order valence-electron chi connectivity index (χ3n) is 14.4. The highest BCUT2D eigenvalue weighted by Gasteiger charge is 2.46. The van der Waals surface area contributed by atoms with E-state index >= 15 is 0 Å². The fourth-order valence-corrected chi connectivity index (χ4v) is 9.56. The molecule has 2 aromatic carbocycles. The van der Waals surface area contributed by atoms with Crippen molar-refractivity contribution in [2.24, 2.45) is 5.73 Å². The number of amides is 4. The second-order valence-electron chi connectivity index (χ2n) is 20.7. The van der Waals surface area contributed by atoms with E-state index < -0.39 is 126 Å². The van der Waals surface area contributed by atoms with Gasteiger partial charge in [0, 0.05) is 102 Å². The first kappa shape index (κ1) is 66.9. The number of ether oxygens (including phenoxy) is 6. The van der Waals surface area contributed by atoms with Crippen LogP contribution in [0.1, 0.15) is 46.4 Å². The Morgan fingerprint density at radius 2 is 0.845 bits per heavy atom. The van der Waals surface area contributed by atoms with Crippen molar-refractivity contribution in [3.8, 4) is 11.5 Å². The number of piperazine rings is 2. The molecule has 4 aliphatic rings. The molecule has 470 valence electrons. The van der Waals surface area contributed by atoms with E-state index in [2.05, 4.69) is 40.9 Å². The molecule has 4 saturated heterocycles. The number of rotatable bonds is 30. The molecule has 6 rings (SSSR count). The number of nitrogens with zero attached hydrogens (tertiary/aromatic N) is 6. The van der Waals surface area contributed by atoms with Crippen molar-refractivity contribution in [2.75, 3.05) is 131 Å². The zero-order valence-electron chi connectivity index (χ0n) is 46.3. The second kappa shape index (κ2) is 33.4. The van der Waals surface area contributed by atoms with Crippen LogP contribution >= 0.6 is 0 Å². The molecule has 4 aliphatic heterocycles. The minimum absolute atomic E-state index is 0.0905. The van der Waals surface area contributed by atoms with E-state index in [1.807, 2.05) is 0 Å². The van der Waals surface area contributed by atoms with E-state index in [-0.39, 0.29) is 48.9 Å². The van der Waals surface area contributed by atoms with Gasteiger partial charge in [-0.15, -0.1) is 0 Å². The molecular formula is C51H79N11O22. The predicted octanol–water partition coefficient (Wildman–Crippen LogP) is -4.40. The number of alkyl carbamates (subject to hydrolysis) is 2. The van der Waals surface area contributed by atoms with E-state index in [1.165, 1.54) is 12.1 Å².